The maximum absolute atomic E-state index is 10.1. The predicted octanol–water partition coefficient (Wildman–Crippen LogP) is 9.68. The van der Waals surface area contributed by atoms with Crippen LogP contribution in [0.5, 0.6) is 0 Å². The van der Waals surface area contributed by atoms with Gasteiger partial charge in [0.2, 0.25) is 0 Å². The molecule has 234 valence electrons. The first-order valence-electron chi connectivity index (χ1n) is 15.2. The van der Waals surface area contributed by atoms with Gasteiger partial charge in [0, 0.05) is 0 Å². The van der Waals surface area contributed by atoms with Crippen LogP contribution in [0.2, 0.25) is 0 Å². The van der Waals surface area contributed by atoms with Gasteiger partial charge in [-0.25, -0.2) is 0 Å². The molecule has 0 amide bonds. The molecule has 0 heterocycles. The minimum Gasteiger partial charge on any atom is -0.393 e. The van der Waals surface area contributed by atoms with Crippen LogP contribution in [-0.2, 0) is 0 Å². The van der Waals surface area contributed by atoms with Crippen molar-refractivity contribution >= 4 is 0 Å². The summed E-state index contributed by atoms with van der Waals surface area (Å²) in [6.45, 7) is 20.0. The van der Waals surface area contributed by atoms with Crippen molar-refractivity contribution in [1.82, 2.24) is 0 Å². The number of aliphatic hydroxyl groups is 3. The molecule has 0 saturated carbocycles. The van der Waals surface area contributed by atoms with E-state index in [-0.39, 0.29) is 11.5 Å². The zero-order valence-corrected chi connectivity index (χ0v) is 28.2. The second-order valence-electron chi connectivity index (χ2n) is 12.9. The van der Waals surface area contributed by atoms with E-state index in [1.165, 1.54) is 22.3 Å². The SMILES string of the molecule is CC1=C(/C=C/C(C)=C/C=C/C(C)=C/C=C/C=C(C)/C=C/C=C(C)/C=C/C=C(C)/C=C/[C@H](O)C(C)(C)O)C(C)(C)C[C@H](O)C1. The Morgan fingerprint density at radius 3 is 1.53 bits per heavy atom. The molecule has 43 heavy (non-hydrogen) atoms. The molecular formula is C40H56O3. The van der Waals surface area contributed by atoms with Crippen molar-refractivity contribution < 1.29 is 15.3 Å². The molecule has 3 N–H and O–H groups in total. The Labute approximate surface area is 262 Å². The molecule has 0 bridgehead atoms. The van der Waals surface area contributed by atoms with Crippen molar-refractivity contribution in [3.05, 3.63) is 142 Å². The monoisotopic (exact) mass is 584 g/mol. The Morgan fingerprint density at radius 1 is 0.721 bits per heavy atom. The highest BCUT2D eigenvalue weighted by atomic mass is 16.3. The molecule has 3 heteroatoms. The van der Waals surface area contributed by atoms with Crippen LogP contribution in [0.15, 0.2) is 142 Å². The first kappa shape index (κ1) is 37.8. The number of rotatable bonds is 13. The largest absolute Gasteiger partial charge is 0.393 e. The van der Waals surface area contributed by atoms with Gasteiger partial charge in [-0.3, -0.25) is 0 Å². The molecular weight excluding hydrogens is 528 g/mol. The molecule has 0 aromatic heterocycles. The van der Waals surface area contributed by atoms with Gasteiger partial charge >= 0.3 is 0 Å². The summed E-state index contributed by atoms with van der Waals surface area (Å²) in [5, 5.41) is 29.8. The van der Waals surface area contributed by atoms with Crippen LogP contribution < -0.4 is 0 Å². The summed E-state index contributed by atoms with van der Waals surface area (Å²) in [7, 11) is 0. The minimum atomic E-state index is -1.15. The fourth-order valence-electron chi connectivity index (χ4n) is 4.62. The fraction of sp³-hybridized carbons (Fsp3) is 0.400. The lowest BCUT2D eigenvalue weighted by atomic mass is 9.71. The van der Waals surface area contributed by atoms with Gasteiger partial charge < -0.3 is 15.3 Å². The zero-order chi connectivity index (χ0) is 32.6. The summed E-state index contributed by atoms with van der Waals surface area (Å²) in [5.41, 5.74) is 7.10. The fourth-order valence-corrected chi connectivity index (χ4v) is 4.62. The Bertz CT molecular complexity index is 1290. The van der Waals surface area contributed by atoms with Gasteiger partial charge in [-0.15, -0.1) is 0 Å². The molecule has 0 radical (unpaired) electrons. The van der Waals surface area contributed by atoms with E-state index >= 15 is 0 Å². The number of aliphatic hydroxyl groups excluding tert-OH is 2. The number of hydrogen-bond acceptors (Lipinski definition) is 3. The van der Waals surface area contributed by atoms with Gasteiger partial charge in [-0.2, -0.15) is 0 Å². The third kappa shape index (κ3) is 16.3. The van der Waals surface area contributed by atoms with E-state index in [1.54, 1.807) is 19.9 Å². The van der Waals surface area contributed by atoms with E-state index < -0.39 is 11.7 Å². The van der Waals surface area contributed by atoms with Gasteiger partial charge in [0.15, 0.2) is 0 Å². The molecule has 1 rings (SSSR count). The first-order valence-corrected chi connectivity index (χ1v) is 15.2. The third-order valence-corrected chi connectivity index (χ3v) is 7.24. The molecule has 0 aliphatic heterocycles. The highest BCUT2D eigenvalue weighted by Gasteiger charge is 2.31. The molecule has 0 fully saturated rings. The van der Waals surface area contributed by atoms with Crippen molar-refractivity contribution in [3.63, 3.8) is 0 Å². The molecule has 0 aromatic rings. The van der Waals surface area contributed by atoms with E-state index in [2.05, 4.69) is 102 Å². The van der Waals surface area contributed by atoms with Crippen molar-refractivity contribution in [2.45, 2.75) is 99.9 Å². The Kier molecular flexibility index (Phi) is 16.2. The van der Waals surface area contributed by atoms with Crippen LogP contribution in [0.4, 0.5) is 0 Å². The average Bonchev–Trinajstić information content (AvgIpc) is 2.88. The predicted molar refractivity (Wildman–Crippen MR) is 188 cm³/mol. The summed E-state index contributed by atoms with van der Waals surface area (Å²) in [5.74, 6) is 0. The van der Waals surface area contributed by atoms with Gasteiger partial charge in [0.05, 0.1) is 11.7 Å². The topological polar surface area (TPSA) is 60.7 Å². The van der Waals surface area contributed by atoms with E-state index in [1.807, 2.05) is 50.3 Å². The highest BCUT2D eigenvalue weighted by Crippen LogP contribution is 2.41. The molecule has 2 atom stereocenters. The van der Waals surface area contributed by atoms with E-state index in [0.717, 1.165) is 29.6 Å². The van der Waals surface area contributed by atoms with Crippen LogP contribution in [0.1, 0.15) is 82.1 Å². The summed E-state index contributed by atoms with van der Waals surface area (Å²) in [6.07, 6.45) is 35.0. The maximum Gasteiger partial charge on any atom is 0.101 e. The summed E-state index contributed by atoms with van der Waals surface area (Å²) < 4.78 is 0. The van der Waals surface area contributed by atoms with E-state index in [4.69, 9.17) is 0 Å². The quantitative estimate of drug-likeness (QED) is 0.189. The molecule has 0 aromatic carbocycles. The molecule has 0 spiro atoms. The Hall–Kier alpha value is -3.24. The average molecular weight is 585 g/mol. The van der Waals surface area contributed by atoms with Crippen molar-refractivity contribution in [2.75, 3.05) is 0 Å². The van der Waals surface area contributed by atoms with Crippen LogP contribution in [0.3, 0.4) is 0 Å². The molecule has 0 unspecified atom stereocenters. The van der Waals surface area contributed by atoms with Crippen LogP contribution in [-0.4, -0.2) is 33.1 Å². The second kappa shape index (κ2) is 18.4. The van der Waals surface area contributed by atoms with Crippen LogP contribution in [0, 0.1) is 5.41 Å². The van der Waals surface area contributed by atoms with E-state index in [0.29, 0.717) is 0 Å². The second-order valence-corrected chi connectivity index (χ2v) is 12.9. The van der Waals surface area contributed by atoms with Gasteiger partial charge in [-0.05, 0) is 79.2 Å². The van der Waals surface area contributed by atoms with Crippen molar-refractivity contribution in [2.24, 2.45) is 5.41 Å². The summed E-state index contributed by atoms with van der Waals surface area (Å²) >= 11 is 0. The lowest BCUT2D eigenvalue weighted by Gasteiger charge is -2.35. The van der Waals surface area contributed by atoms with Crippen LogP contribution in [0.25, 0.3) is 0 Å². The smallest absolute Gasteiger partial charge is 0.101 e. The highest BCUT2D eigenvalue weighted by molar-refractivity contribution is 5.38. The first-order chi connectivity index (χ1) is 20.0. The van der Waals surface area contributed by atoms with Crippen LogP contribution >= 0.6 is 0 Å². The lowest BCUT2D eigenvalue weighted by molar-refractivity contribution is -0.0226. The standard InChI is InChI=1S/C40H56O3/c1-30(18-13-20-32(3)21-15-23-34(5)25-27-38(42)40(9,10)43)16-11-12-17-31(2)19-14-22-33(4)24-26-37-35(6)28-36(41)29-39(37,7)8/h11-27,36,38,41-43H,28-29H2,1-10H3/b12-11+,18-13+,19-14+,21-15+,26-24+,27-25+,30-16+,31-17+,32-20+,33-22+,34-23+/t36-,38+/m1/s1. The van der Waals surface area contributed by atoms with Gasteiger partial charge in [0.25, 0.3) is 0 Å². The zero-order valence-electron chi connectivity index (χ0n) is 28.2. The summed E-state index contributed by atoms with van der Waals surface area (Å²) in [6, 6.07) is 0. The number of hydrogen-bond donors (Lipinski definition) is 3. The van der Waals surface area contributed by atoms with Gasteiger partial charge in [0.1, 0.15) is 6.10 Å². The minimum absolute atomic E-state index is 0.00222. The van der Waals surface area contributed by atoms with Gasteiger partial charge in [-0.1, -0.05) is 151 Å². The molecule has 1 aliphatic rings. The Balaban J connectivity index is 2.63. The third-order valence-electron chi connectivity index (χ3n) is 7.24. The Morgan fingerprint density at radius 2 is 1.12 bits per heavy atom. The molecule has 1 aliphatic carbocycles. The summed E-state index contributed by atoms with van der Waals surface area (Å²) in [4.78, 5) is 0. The number of allylic oxidation sites excluding steroid dienone is 22. The van der Waals surface area contributed by atoms with Crippen molar-refractivity contribution in [3.8, 4) is 0 Å². The van der Waals surface area contributed by atoms with Crippen molar-refractivity contribution in [1.29, 1.82) is 0 Å². The normalized spacial score (nSPS) is 21.3. The maximum atomic E-state index is 10.1. The lowest BCUT2D eigenvalue weighted by Crippen LogP contribution is -2.34. The molecule has 3 nitrogen and oxygen atoms in total. The molecule has 0 saturated heterocycles. The van der Waals surface area contributed by atoms with E-state index in [9.17, 15) is 15.3 Å².